The Hall–Kier alpha value is -4.18. The van der Waals surface area contributed by atoms with Crippen LogP contribution >= 0.6 is 11.6 Å². The maximum atomic E-state index is 14.8. The topological polar surface area (TPSA) is 119 Å². The molecule has 11 heteroatoms. The fraction of sp³-hybridized carbons (Fsp3) is 0.367. The van der Waals surface area contributed by atoms with Crippen LogP contribution in [-0.4, -0.2) is 58.7 Å². The van der Waals surface area contributed by atoms with Gasteiger partial charge in [0.05, 0.1) is 41.1 Å². The maximum absolute atomic E-state index is 14.8. The number of benzene rings is 2. The average molecular weight is 584 g/mol. The number of carbonyl (C=O) groups is 3. The van der Waals surface area contributed by atoms with Crippen LogP contribution in [0.1, 0.15) is 42.1 Å². The van der Waals surface area contributed by atoms with Crippen LogP contribution in [0.2, 0.25) is 5.02 Å². The van der Waals surface area contributed by atoms with Gasteiger partial charge < -0.3 is 33.7 Å². The second-order valence-electron chi connectivity index (χ2n) is 10.00. The smallest absolute Gasteiger partial charge is 0.336 e. The summed E-state index contributed by atoms with van der Waals surface area (Å²) in [6.07, 6.45) is 0.271. The van der Waals surface area contributed by atoms with Crippen molar-refractivity contribution < 1.29 is 42.8 Å². The molecule has 0 amide bonds. The third-order valence-corrected chi connectivity index (χ3v) is 8.35. The van der Waals surface area contributed by atoms with Gasteiger partial charge in [0.2, 0.25) is 17.2 Å². The van der Waals surface area contributed by atoms with Crippen molar-refractivity contribution in [1.29, 1.82) is 0 Å². The van der Waals surface area contributed by atoms with E-state index >= 15 is 0 Å². The Morgan fingerprint density at radius 3 is 2.22 bits per heavy atom. The molecule has 0 fully saturated rings. The van der Waals surface area contributed by atoms with E-state index in [0.717, 1.165) is 0 Å². The van der Waals surface area contributed by atoms with Crippen LogP contribution in [0, 0.1) is 5.92 Å². The number of fused-ring (bicyclic) bond motifs is 1. The molecule has 2 aliphatic heterocycles. The van der Waals surface area contributed by atoms with E-state index in [9.17, 15) is 14.4 Å². The van der Waals surface area contributed by atoms with Crippen LogP contribution in [0.5, 0.6) is 28.7 Å². The number of hydrogen-bond donors (Lipinski definition) is 1. The molecule has 2 aromatic rings. The highest BCUT2D eigenvalue weighted by Crippen LogP contribution is 2.56. The van der Waals surface area contributed by atoms with Gasteiger partial charge in [0, 0.05) is 34.9 Å². The number of ether oxygens (including phenoxy) is 6. The van der Waals surface area contributed by atoms with E-state index < -0.39 is 35.0 Å². The molecule has 0 unspecified atom stereocenters. The van der Waals surface area contributed by atoms with Crippen molar-refractivity contribution in [2.45, 2.75) is 31.8 Å². The molecule has 0 aromatic heterocycles. The Morgan fingerprint density at radius 2 is 1.61 bits per heavy atom. The lowest BCUT2D eigenvalue weighted by Crippen LogP contribution is -2.58. The highest BCUT2D eigenvalue weighted by molar-refractivity contribution is 6.36. The van der Waals surface area contributed by atoms with Gasteiger partial charge in [0.1, 0.15) is 22.1 Å². The van der Waals surface area contributed by atoms with Crippen LogP contribution < -0.4 is 29.0 Å². The summed E-state index contributed by atoms with van der Waals surface area (Å²) in [6, 6.07) is 6.62. The number of dihydropyridines is 1. The zero-order valence-corrected chi connectivity index (χ0v) is 24.5. The quantitative estimate of drug-likeness (QED) is 0.387. The molecule has 3 atom stereocenters. The van der Waals surface area contributed by atoms with E-state index in [4.69, 9.17) is 40.0 Å². The molecule has 10 nitrogen and oxygen atoms in total. The number of rotatable bonds is 6. The summed E-state index contributed by atoms with van der Waals surface area (Å²) in [7, 11) is 7.11. The van der Waals surface area contributed by atoms with Crippen molar-refractivity contribution in [3.8, 4) is 28.7 Å². The summed E-state index contributed by atoms with van der Waals surface area (Å²) < 4.78 is 33.2. The highest BCUT2D eigenvalue weighted by atomic mass is 35.5. The molecular formula is C30H30ClNO9. The van der Waals surface area contributed by atoms with Crippen molar-refractivity contribution in [3.63, 3.8) is 0 Å². The monoisotopic (exact) mass is 583 g/mol. The molecule has 3 aliphatic rings. The van der Waals surface area contributed by atoms with Crippen molar-refractivity contribution >= 4 is 29.1 Å². The van der Waals surface area contributed by atoms with Crippen molar-refractivity contribution in [2.24, 2.45) is 5.92 Å². The Kier molecular flexibility index (Phi) is 7.15. The molecule has 0 bridgehead atoms. The van der Waals surface area contributed by atoms with Gasteiger partial charge in [-0.05, 0) is 31.0 Å². The summed E-state index contributed by atoms with van der Waals surface area (Å²) in [5.74, 6) is -2.00. The van der Waals surface area contributed by atoms with E-state index in [1.807, 2.05) is 0 Å². The number of hydrogen-bond acceptors (Lipinski definition) is 10. The lowest BCUT2D eigenvalue weighted by molar-refractivity contribution is -0.136. The van der Waals surface area contributed by atoms with Crippen LogP contribution in [0.25, 0.3) is 0 Å². The zero-order chi connectivity index (χ0) is 29.8. The van der Waals surface area contributed by atoms with Crippen molar-refractivity contribution in [1.82, 2.24) is 5.32 Å². The van der Waals surface area contributed by atoms with Crippen molar-refractivity contribution in [3.05, 3.63) is 63.0 Å². The SMILES string of the molecule is COC(=O)C1=C(C)NC2=C(C(=O)[C@@]3(Oc4c(Cl)c(OC)cc(OC)c4C3=O)[C@H](C)C2)[C@H]1c1ccc(OC)c(OC)c1. The number of carbonyl (C=O) groups excluding carboxylic acids is 3. The van der Waals surface area contributed by atoms with E-state index in [2.05, 4.69) is 5.32 Å². The van der Waals surface area contributed by atoms with Gasteiger partial charge in [-0.15, -0.1) is 0 Å². The molecule has 0 saturated heterocycles. The van der Waals surface area contributed by atoms with Gasteiger partial charge in [-0.1, -0.05) is 24.6 Å². The number of esters is 1. The molecule has 1 aliphatic carbocycles. The lowest BCUT2D eigenvalue weighted by Gasteiger charge is -2.42. The first-order valence-electron chi connectivity index (χ1n) is 12.8. The Balaban J connectivity index is 1.73. The van der Waals surface area contributed by atoms with E-state index in [1.165, 1.54) is 41.6 Å². The maximum Gasteiger partial charge on any atom is 0.336 e. The highest BCUT2D eigenvalue weighted by Gasteiger charge is 2.63. The minimum Gasteiger partial charge on any atom is -0.496 e. The summed E-state index contributed by atoms with van der Waals surface area (Å²) in [5.41, 5.74) is 0.224. The van der Waals surface area contributed by atoms with Gasteiger partial charge in [0.15, 0.2) is 17.2 Å². The standard InChI is InChI=1S/C30H30ClNO9/c1-13-10-16-23(27(33)30(13)28(34)24-19(38-5)12-20(39-6)25(31)26(24)41-30)22(21(14(2)32-16)29(35)40-7)15-8-9-17(36-3)18(11-15)37-4/h8-9,11-13,22,32H,10H2,1-7H3/t13-,22+,30+/m1/s1. The summed E-state index contributed by atoms with van der Waals surface area (Å²) in [4.78, 5) is 42.2. The van der Waals surface area contributed by atoms with Crippen molar-refractivity contribution in [2.75, 3.05) is 35.5 Å². The predicted octanol–water partition coefficient (Wildman–Crippen LogP) is 4.39. The Bertz CT molecular complexity index is 1560. The minimum atomic E-state index is -1.95. The average Bonchev–Trinajstić information content (AvgIpc) is 3.29. The van der Waals surface area contributed by atoms with E-state index in [0.29, 0.717) is 28.5 Å². The van der Waals surface area contributed by atoms with Gasteiger partial charge in [-0.25, -0.2) is 4.79 Å². The molecule has 5 rings (SSSR count). The first-order chi connectivity index (χ1) is 19.6. The molecule has 2 aromatic carbocycles. The number of ketones is 2. The van der Waals surface area contributed by atoms with Gasteiger partial charge in [-0.2, -0.15) is 0 Å². The molecule has 41 heavy (non-hydrogen) atoms. The summed E-state index contributed by atoms with van der Waals surface area (Å²) >= 11 is 6.59. The van der Waals surface area contributed by atoms with Crippen LogP contribution in [0.4, 0.5) is 0 Å². The number of halogens is 1. The van der Waals surface area contributed by atoms with E-state index in [-0.39, 0.29) is 45.4 Å². The fourth-order valence-electron chi connectivity index (χ4n) is 6.02. The minimum absolute atomic E-state index is 0.0171. The normalized spacial score (nSPS) is 23.0. The summed E-state index contributed by atoms with van der Waals surface area (Å²) in [5, 5.41) is 3.29. The largest absolute Gasteiger partial charge is 0.496 e. The van der Waals surface area contributed by atoms with Crippen LogP contribution in [0.3, 0.4) is 0 Å². The molecule has 0 radical (unpaired) electrons. The molecule has 216 valence electrons. The second-order valence-corrected chi connectivity index (χ2v) is 10.4. The first-order valence-corrected chi connectivity index (χ1v) is 13.2. The van der Waals surface area contributed by atoms with Crippen LogP contribution in [0.15, 0.2) is 46.8 Å². The predicted molar refractivity (Wildman–Crippen MR) is 148 cm³/mol. The number of Topliss-reactive ketones (excluding diaryl/α,β-unsaturated/α-hetero) is 2. The number of nitrogens with one attached hydrogen (secondary N) is 1. The molecule has 1 N–H and O–H groups in total. The molecule has 0 saturated carbocycles. The third-order valence-electron chi connectivity index (χ3n) is 8.00. The zero-order valence-electron chi connectivity index (χ0n) is 23.7. The lowest BCUT2D eigenvalue weighted by atomic mass is 9.65. The molecule has 2 heterocycles. The third kappa shape index (κ3) is 3.95. The Labute approximate surface area is 242 Å². The number of allylic oxidation sites excluding steroid dienone is 2. The van der Waals surface area contributed by atoms with E-state index in [1.54, 1.807) is 32.0 Å². The van der Waals surface area contributed by atoms with Gasteiger partial charge in [-0.3, -0.25) is 9.59 Å². The molecule has 1 spiro atoms. The van der Waals surface area contributed by atoms with Gasteiger partial charge >= 0.3 is 5.97 Å². The molecular weight excluding hydrogens is 554 g/mol. The Morgan fingerprint density at radius 1 is 0.951 bits per heavy atom. The first kappa shape index (κ1) is 28.4. The number of methoxy groups -OCH3 is 5. The summed E-state index contributed by atoms with van der Waals surface area (Å²) in [6.45, 7) is 3.51. The van der Waals surface area contributed by atoms with Crippen LogP contribution in [-0.2, 0) is 14.3 Å². The second kappa shape index (κ2) is 10.3. The van der Waals surface area contributed by atoms with Gasteiger partial charge in [0.25, 0.3) is 0 Å². The fourth-order valence-corrected chi connectivity index (χ4v) is 6.29.